The summed E-state index contributed by atoms with van der Waals surface area (Å²) in [5.74, 6) is 0.154. The van der Waals surface area contributed by atoms with Gasteiger partial charge in [-0.25, -0.2) is 9.97 Å². The molecule has 0 spiro atoms. The van der Waals surface area contributed by atoms with Crippen molar-refractivity contribution in [3.63, 3.8) is 0 Å². The number of morpholine rings is 1. The number of hydrogen-bond acceptors (Lipinski definition) is 5. The van der Waals surface area contributed by atoms with E-state index in [4.69, 9.17) is 14.7 Å². The van der Waals surface area contributed by atoms with Crippen LogP contribution in [0, 0.1) is 0 Å². The monoisotopic (exact) mass is 484 g/mol. The third-order valence-electron chi connectivity index (χ3n) is 5.38. The molecule has 8 heteroatoms. The number of thioether (sulfide) groups is 1. The van der Waals surface area contributed by atoms with Gasteiger partial charge in [0.15, 0.2) is 5.16 Å². The number of rotatable bonds is 4. The molecule has 0 unspecified atom stereocenters. The smallest absolute Gasteiger partial charge is 0.236 e. The first-order chi connectivity index (χ1) is 14.7. The number of ether oxygens (including phenoxy) is 1. The normalized spacial score (nSPS) is 15.9. The Balaban J connectivity index is 1.65. The fourth-order valence-corrected chi connectivity index (χ4v) is 5.31. The Bertz CT molecular complexity index is 1250. The molecule has 0 bridgehead atoms. The van der Waals surface area contributed by atoms with E-state index in [-0.39, 0.29) is 11.2 Å². The topological polar surface area (TPSA) is 59.7 Å². The van der Waals surface area contributed by atoms with Crippen molar-refractivity contribution >= 4 is 61.2 Å². The van der Waals surface area contributed by atoms with Gasteiger partial charge in [-0.1, -0.05) is 46.7 Å². The molecule has 2 aromatic carbocycles. The van der Waals surface area contributed by atoms with Crippen molar-refractivity contribution in [2.24, 2.45) is 0 Å². The van der Waals surface area contributed by atoms with Gasteiger partial charge in [0, 0.05) is 22.9 Å². The van der Waals surface area contributed by atoms with Gasteiger partial charge in [0.25, 0.3) is 0 Å². The lowest BCUT2D eigenvalue weighted by atomic mass is 10.2. The lowest BCUT2D eigenvalue weighted by Crippen LogP contribution is -2.44. The van der Waals surface area contributed by atoms with Crippen molar-refractivity contribution < 1.29 is 9.53 Å². The van der Waals surface area contributed by atoms with Crippen molar-refractivity contribution in [2.45, 2.75) is 23.8 Å². The standard InChI is InChI=1S/C22H21BrN4O2S/c1-2-19(21(28)26-9-11-29-12-10-26)30-22-25-16-8-7-14(23)13-15(16)20-24-17-5-3-4-6-18(17)27(20)22/h3-8,13,19H,2,9-12H2,1H3/t19-/m0/s1. The van der Waals surface area contributed by atoms with Crippen LogP contribution in [0.25, 0.3) is 27.6 Å². The zero-order valence-electron chi connectivity index (χ0n) is 16.5. The van der Waals surface area contributed by atoms with Gasteiger partial charge in [-0.05, 0) is 36.8 Å². The lowest BCUT2D eigenvalue weighted by molar-refractivity contribution is -0.134. The first kappa shape index (κ1) is 19.8. The van der Waals surface area contributed by atoms with E-state index in [1.165, 1.54) is 11.8 Å². The van der Waals surface area contributed by atoms with Gasteiger partial charge in [-0.3, -0.25) is 9.20 Å². The number of aromatic nitrogens is 3. The molecule has 30 heavy (non-hydrogen) atoms. The Morgan fingerprint density at radius 3 is 2.77 bits per heavy atom. The maximum absolute atomic E-state index is 13.2. The molecule has 154 valence electrons. The summed E-state index contributed by atoms with van der Waals surface area (Å²) < 4.78 is 8.48. The molecule has 4 aromatic rings. The van der Waals surface area contributed by atoms with Crippen LogP contribution in [-0.4, -0.2) is 56.7 Å². The third-order valence-corrected chi connectivity index (χ3v) is 7.18. The minimum Gasteiger partial charge on any atom is -0.378 e. The number of carbonyl (C=O) groups excluding carboxylic acids is 1. The van der Waals surface area contributed by atoms with Crippen LogP contribution < -0.4 is 0 Å². The minimum atomic E-state index is -0.201. The number of carbonyl (C=O) groups is 1. The molecule has 0 aliphatic carbocycles. The number of halogens is 1. The molecule has 0 N–H and O–H groups in total. The van der Waals surface area contributed by atoms with E-state index in [2.05, 4.69) is 33.3 Å². The number of fused-ring (bicyclic) bond motifs is 5. The summed E-state index contributed by atoms with van der Waals surface area (Å²) >= 11 is 5.09. The fraction of sp³-hybridized carbons (Fsp3) is 0.318. The van der Waals surface area contributed by atoms with E-state index >= 15 is 0 Å². The zero-order chi connectivity index (χ0) is 20.7. The number of nitrogens with zero attached hydrogens (tertiary/aromatic N) is 4. The van der Waals surface area contributed by atoms with Crippen molar-refractivity contribution in [2.75, 3.05) is 26.3 Å². The molecular formula is C22H21BrN4O2S. The maximum Gasteiger partial charge on any atom is 0.236 e. The van der Waals surface area contributed by atoms with Crippen LogP contribution in [0.2, 0.25) is 0 Å². The predicted molar refractivity (Wildman–Crippen MR) is 123 cm³/mol. The minimum absolute atomic E-state index is 0.154. The molecule has 2 aromatic heterocycles. The number of imidazole rings is 1. The van der Waals surface area contributed by atoms with Gasteiger partial charge in [0.2, 0.25) is 5.91 Å². The average Bonchev–Trinajstić information content (AvgIpc) is 3.18. The van der Waals surface area contributed by atoms with E-state index in [9.17, 15) is 4.79 Å². The second-order valence-electron chi connectivity index (χ2n) is 7.27. The molecule has 3 heterocycles. The summed E-state index contributed by atoms with van der Waals surface area (Å²) in [5, 5.41) is 1.58. The van der Waals surface area contributed by atoms with Crippen LogP contribution in [0.5, 0.6) is 0 Å². The average molecular weight is 485 g/mol. The van der Waals surface area contributed by atoms with Crippen molar-refractivity contribution in [3.05, 3.63) is 46.9 Å². The Morgan fingerprint density at radius 1 is 1.17 bits per heavy atom. The first-order valence-corrected chi connectivity index (χ1v) is 11.7. The Morgan fingerprint density at radius 2 is 1.97 bits per heavy atom. The van der Waals surface area contributed by atoms with E-state index in [1.807, 2.05) is 41.3 Å². The van der Waals surface area contributed by atoms with Gasteiger partial charge >= 0.3 is 0 Å². The molecule has 1 fully saturated rings. The fourth-order valence-electron chi connectivity index (χ4n) is 3.84. The molecule has 1 atom stereocenters. The molecule has 5 rings (SSSR count). The summed E-state index contributed by atoms with van der Waals surface area (Å²) in [6.07, 6.45) is 0.731. The molecule has 1 amide bonds. The maximum atomic E-state index is 13.2. The number of amides is 1. The van der Waals surface area contributed by atoms with E-state index in [0.717, 1.165) is 43.6 Å². The molecule has 6 nitrogen and oxygen atoms in total. The third kappa shape index (κ3) is 3.46. The van der Waals surface area contributed by atoms with E-state index in [1.54, 1.807) is 0 Å². The summed E-state index contributed by atoms with van der Waals surface area (Å²) in [4.78, 5) is 24.9. The van der Waals surface area contributed by atoms with Crippen LogP contribution in [0.15, 0.2) is 52.1 Å². The van der Waals surface area contributed by atoms with Gasteiger partial charge in [-0.15, -0.1) is 0 Å². The van der Waals surface area contributed by atoms with Crippen LogP contribution in [-0.2, 0) is 9.53 Å². The predicted octanol–water partition coefficient (Wildman–Crippen LogP) is 4.53. The second kappa shape index (κ2) is 8.17. The Kier molecular flexibility index (Phi) is 5.39. The Hall–Kier alpha value is -2.16. The van der Waals surface area contributed by atoms with Crippen LogP contribution in [0.3, 0.4) is 0 Å². The summed E-state index contributed by atoms with van der Waals surface area (Å²) in [6.45, 7) is 4.56. The van der Waals surface area contributed by atoms with Gasteiger partial charge in [-0.2, -0.15) is 0 Å². The number of benzene rings is 2. The largest absolute Gasteiger partial charge is 0.378 e. The molecule has 1 aliphatic rings. The van der Waals surface area contributed by atoms with Crippen LogP contribution in [0.4, 0.5) is 0 Å². The van der Waals surface area contributed by atoms with Crippen molar-refractivity contribution in [1.82, 2.24) is 19.3 Å². The zero-order valence-corrected chi connectivity index (χ0v) is 18.9. The van der Waals surface area contributed by atoms with Gasteiger partial charge in [0.05, 0.1) is 35.0 Å². The van der Waals surface area contributed by atoms with Gasteiger partial charge < -0.3 is 9.64 Å². The molecule has 1 aliphatic heterocycles. The second-order valence-corrected chi connectivity index (χ2v) is 9.35. The van der Waals surface area contributed by atoms with Crippen molar-refractivity contribution in [3.8, 4) is 0 Å². The molecule has 0 saturated carbocycles. The number of hydrogen-bond donors (Lipinski definition) is 0. The molecule has 0 radical (unpaired) electrons. The highest BCUT2D eigenvalue weighted by Crippen LogP contribution is 2.33. The van der Waals surface area contributed by atoms with Crippen molar-refractivity contribution in [1.29, 1.82) is 0 Å². The summed E-state index contributed by atoms with van der Waals surface area (Å²) in [5.41, 5.74) is 3.65. The van der Waals surface area contributed by atoms with Gasteiger partial charge in [0.1, 0.15) is 5.65 Å². The molecule has 1 saturated heterocycles. The highest BCUT2D eigenvalue weighted by molar-refractivity contribution is 9.10. The highest BCUT2D eigenvalue weighted by atomic mass is 79.9. The number of para-hydroxylation sites is 2. The first-order valence-electron chi connectivity index (χ1n) is 10.1. The highest BCUT2D eigenvalue weighted by Gasteiger charge is 2.27. The summed E-state index contributed by atoms with van der Waals surface area (Å²) in [7, 11) is 0. The Labute approximate surface area is 186 Å². The van der Waals surface area contributed by atoms with E-state index in [0.29, 0.717) is 26.3 Å². The molecular weight excluding hydrogens is 464 g/mol. The van der Waals surface area contributed by atoms with Crippen LogP contribution in [0.1, 0.15) is 13.3 Å². The SMILES string of the molecule is CC[C@H](Sc1nc2ccc(Br)cc2c2nc3ccccc3n12)C(=O)N1CCOCC1. The lowest BCUT2D eigenvalue weighted by Gasteiger charge is -2.29. The van der Waals surface area contributed by atoms with E-state index < -0.39 is 0 Å². The quantitative estimate of drug-likeness (QED) is 0.314. The summed E-state index contributed by atoms with van der Waals surface area (Å²) in [6, 6.07) is 14.1. The van der Waals surface area contributed by atoms with Crippen LogP contribution >= 0.6 is 27.7 Å².